The van der Waals surface area contributed by atoms with Crippen molar-refractivity contribution in [1.82, 2.24) is 0 Å². The number of rotatable bonds is 28. The van der Waals surface area contributed by atoms with Crippen LogP contribution in [0.2, 0.25) is 0 Å². The minimum absolute atomic E-state index is 0.0817. The summed E-state index contributed by atoms with van der Waals surface area (Å²) in [6, 6.07) is 26.4. The predicted octanol–water partition coefficient (Wildman–Crippen LogP) is 8.09. The minimum Gasteiger partial charge on any atom is -0.492 e. The SMILES string of the molecule is C=CC(=C)OCCOCCOCCOc1ccc(C(=O)Oc2ccc(C(=O)Oc3ccc(-c4ccc(C(=O)OCCOCCOCCOC(=O)CC(C)(C)C)cc4)cc3)cc2)cc1. The van der Waals surface area contributed by atoms with E-state index in [0.717, 1.165) is 11.1 Å². The van der Waals surface area contributed by atoms with Crippen molar-refractivity contribution in [3.05, 3.63) is 139 Å². The molecule has 0 saturated carbocycles. The Morgan fingerprint density at radius 1 is 0.460 bits per heavy atom. The van der Waals surface area contributed by atoms with Crippen molar-refractivity contribution in [3.63, 3.8) is 0 Å². The van der Waals surface area contributed by atoms with Crippen LogP contribution in [0.15, 0.2) is 122 Å². The molecule has 0 heterocycles. The number of carbonyl (C=O) groups excluding carboxylic acids is 4. The van der Waals surface area contributed by atoms with Gasteiger partial charge in [0.2, 0.25) is 0 Å². The maximum atomic E-state index is 12.9. The van der Waals surface area contributed by atoms with Gasteiger partial charge < -0.3 is 47.4 Å². The summed E-state index contributed by atoms with van der Waals surface area (Å²) in [6.45, 7) is 16.9. The molecule has 0 fully saturated rings. The highest BCUT2D eigenvalue weighted by Gasteiger charge is 2.17. The van der Waals surface area contributed by atoms with E-state index in [2.05, 4.69) is 13.2 Å². The van der Waals surface area contributed by atoms with Gasteiger partial charge in [-0.15, -0.1) is 0 Å². The van der Waals surface area contributed by atoms with Gasteiger partial charge in [-0.3, -0.25) is 4.79 Å². The maximum Gasteiger partial charge on any atom is 0.343 e. The lowest BCUT2D eigenvalue weighted by Crippen LogP contribution is -2.18. The van der Waals surface area contributed by atoms with Crippen molar-refractivity contribution < 1.29 is 66.5 Å². The highest BCUT2D eigenvalue weighted by atomic mass is 16.6. The number of allylic oxidation sites excluding steroid dienone is 1. The fourth-order valence-electron chi connectivity index (χ4n) is 5.32. The van der Waals surface area contributed by atoms with Gasteiger partial charge in [0.05, 0.1) is 76.0 Å². The molecule has 0 amide bonds. The Morgan fingerprint density at radius 2 is 0.825 bits per heavy atom. The van der Waals surface area contributed by atoms with Gasteiger partial charge in [0.15, 0.2) is 0 Å². The van der Waals surface area contributed by atoms with Crippen molar-refractivity contribution in [2.24, 2.45) is 5.41 Å². The van der Waals surface area contributed by atoms with E-state index in [9.17, 15) is 19.2 Å². The van der Waals surface area contributed by atoms with Crippen molar-refractivity contribution in [1.29, 1.82) is 0 Å². The molecule has 63 heavy (non-hydrogen) atoms. The van der Waals surface area contributed by atoms with E-state index in [0.29, 0.717) is 87.7 Å². The summed E-state index contributed by atoms with van der Waals surface area (Å²) in [4.78, 5) is 49.8. The van der Waals surface area contributed by atoms with Gasteiger partial charge in [0.25, 0.3) is 0 Å². The molecule has 0 saturated heterocycles. The molecule has 0 aliphatic carbocycles. The summed E-state index contributed by atoms with van der Waals surface area (Å²) in [7, 11) is 0. The van der Waals surface area contributed by atoms with Gasteiger partial charge in [-0.1, -0.05) is 58.2 Å². The fraction of sp³-hybridized carbons (Fsp3) is 0.347. The highest BCUT2D eigenvalue weighted by Crippen LogP contribution is 2.25. The molecule has 4 aromatic carbocycles. The number of hydrogen-bond donors (Lipinski definition) is 0. The van der Waals surface area contributed by atoms with E-state index >= 15 is 0 Å². The second-order valence-electron chi connectivity index (χ2n) is 14.8. The Balaban J connectivity index is 1.08. The summed E-state index contributed by atoms with van der Waals surface area (Å²) in [5.41, 5.74) is 2.55. The third-order valence-corrected chi connectivity index (χ3v) is 8.52. The van der Waals surface area contributed by atoms with Crippen LogP contribution in [0.3, 0.4) is 0 Å². The summed E-state index contributed by atoms with van der Waals surface area (Å²) in [5.74, 6) is -0.212. The summed E-state index contributed by atoms with van der Waals surface area (Å²) in [5, 5.41) is 0. The number of carbonyl (C=O) groups is 4. The Labute approximate surface area is 368 Å². The van der Waals surface area contributed by atoms with Crippen molar-refractivity contribution >= 4 is 23.9 Å². The van der Waals surface area contributed by atoms with Crippen LogP contribution in [0.25, 0.3) is 11.1 Å². The molecule has 0 unspecified atom stereocenters. The van der Waals surface area contributed by atoms with Crippen LogP contribution < -0.4 is 14.2 Å². The van der Waals surface area contributed by atoms with E-state index in [1.54, 1.807) is 72.8 Å². The van der Waals surface area contributed by atoms with E-state index in [4.69, 9.17) is 47.4 Å². The number of esters is 4. The Kier molecular flexibility index (Phi) is 21.1. The molecule has 0 atom stereocenters. The molecule has 0 aliphatic heterocycles. The average Bonchev–Trinajstić information content (AvgIpc) is 3.27. The van der Waals surface area contributed by atoms with Gasteiger partial charge in [0, 0.05) is 0 Å². The molecule has 0 radical (unpaired) electrons. The molecule has 0 aliphatic rings. The molecular formula is C49H56O14. The first-order valence-corrected chi connectivity index (χ1v) is 20.5. The third-order valence-electron chi connectivity index (χ3n) is 8.52. The number of hydrogen-bond acceptors (Lipinski definition) is 14. The summed E-state index contributed by atoms with van der Waals surface area (Å²) < 4.78 is 54.1. The quantitative estimate of drug-likeness (QED) is 0.0177. The molecule has 0 N–H and O–H groups in total. The first-order chi connectivity index (χ1) is 30.4. The van der Waals surface area contributed by atoms with Crippen LogP contribution in [-0.4, -0.2) is 103 Å². The predicted molar refractivity (Wildman–Crippen MR) is 234 cm³/mol. The lowest BCUT2D eigenvalue weighted by Gasteiger charge is -2.16. The fourth-order valence-corrected chi connectivity index (χ4v) is 5.32. The maximum absolute atomic E-state index is 12.9. The number of benzene rings is 4. The Morgan fingerprint density at radius 3 is 1.30 bits per heavy atom. The Bertz CT molecular complexity index is 2030. The summed E-state index contributed by atoms with van der Waals surface area (Å²) >= 11 is 0. The van der Waals surface area contributed by atoms with E-state index in [1.165, 1.54) is 30.3 Å². The molecule has 0 aromatic heterocycles. The molecule has 0 bridgehead atoms. The van der Waals surface area contributed by atoms with Gasteiger partial charge in [-0.05, 0) is 95.4 Å². The van der Waals surface area contributed by atoms with Crippen LogP contribution in [0.4, 0.5) is 0 Å². The highest BCUT2D eigenvalue weighted by molar-refractivity contribution is 5.93. The molecular weight excluding hydrogens is 813 g/mol. The number of ether oxygens (including phenoxy) is 10. The topological polar surface area (TPSA) is 161 Å². The van der Waals surface area contributed by atoms with Crippen LogP contribution in [0, 0.1) is 5.41 Å². The first kappa shape index (κ1) is 49.3. The van der Waals surface area contributed by atoms with Gasteiger partial charge in [-0.25, -0.2) is 14.4 Å². The first-order valence-electron chi connectivity index (χ1n) is 20.5. The average molecular weight is 869 g/mol. The Hall–Kier alpha value is -6.32. The lowest BCUT2D eigenvalue weighted by molar-refractivity contribution is -0.147. The smallest absolute Gasteiger partial charge is 0.343 e. The van der Waals surface area contributed by atoms with E-state index in [-0.39, 0.29) is 49.1 Å². The molecule has 0 spiro atoms. The van der Waals surface area contributed by atoms with Crippen LogP contribution in [0.1, 0.15) is 58.3 Å². The molecule has 14 heteroatoms. The van der Waals surface area contributed by atoms with Crippen LogP contribution in [0.5, 0.6) is 17.2 Å². The van der Waals surface area contributed by atoms with Crippen LogP contribution in [-0.2, 0) is 38.0 Å². The van der Waals surface area contributed by atoms with Crippen molar-refractivity contribution in [2.45, 2.75) is 27.2 Å². The van der Waals surface area contributed by atoms with Crippen LogP contribution >= 0.6 is 0 Å². The molecule has 4 rings (SSSR count). The lowest BCUT2D eigenvalue weighted by atomic mass is 9.93. The summed E-state index contributed by atoms with van der Waals surface area (Å²) in [6.07, 6.45) is 1.88. The second kappa shape index (κ2) is 26.9. The monoisotopic (exact) mass is 868 g/mol. The van der Waals surface area contributed by atoms with Crippen molar-refractivity contribution in [2.75, 3.05) is 79.3 Å². The molecule has 4 aromatic rings. The zero-order valence-corrected chi connectivity index (χ0v) is 36.1. The van der Waals surface area contributed by atoms with E-state index < -0.39 is 17.9 Å². The zero-order chi connectivity index (χ0) is 45.3. The van der Waals surface area contributed by atoms with Gasteiger partial charge in [0.1, 0.15) is 49.4 Å². The van der Waals surface area contributed by atoms with Crippen molar-refractivity contribution in [3.8, 4) is 28.4 Å². The van der Waals surface area contributed by atoms with E-state index in [1.807, 2.05) is 20.8 Å². The molecule has 336 valence electrons. The zero-order valence-electron chi connectivity index (χ0n) is 36.1. The minimum atomic E-state index is -0.584. The molecule has 14 nitrogen and oxygen atoms in total. The standard InChI is InChI=1S/C49H56O14/c1-6-36(2)58-31-27-54-23-24-55-28-32-59-42-17-13-40(14-18-42)47(52)63-44-21-15-41(16-22-44)48(53)62-43-19-11-38(12-20-43)37-7-9-39(10-8-37)46(51)61-34-30-57-26-25-56-29-33-60-45(50)35-49(3,4)5/h6-22H,1-2,23-35H2,3-5H3. The second-order valence-corrected chi connectivity index (χ2v) is 14.8. The van der Waals surface area contributed by atoms with Gasteiger partial charge >= 0.3 is 23.9 Å². The third kappa shape index (κ3) is 19.5. The van der Waals surface area contributed by atoms with Gasteiger partial charge in [-0.2, -0.15) is 0 Å². The normalized spacial score (nSPS) is 11.0. The largest absolute Gasteiger partial charge is 0.492 e.